The molecule has 0 aliphatic carbocycles. The summed E-state index contributed by atoms with van der Waals surface area (Å²) in [4.78, 5) is 14.0. The van der Waals surface area contributed by atoms with Crippen molar-refractivity contribution in [3.8, 4) is 6.07 Å². The van der Waals surface area contributed by atoms with Gasteiger partial charge < -0.3 is 5.32 Å². The minimum atomic E-state index is -0.203. The van der Waals surface area contributed by atoms with E-state index in [0.717, 1.165) is 12.1 Å². The summed E-state index contributed by atoms with van der Waals surface area (Å²) in [6.07, 6.45) is 0. The number of nitrogens with one attached hydrogen (secondary N) is 1. The van der Waals surface area contributed by atoms with Gasteiger partial charge in [-0.3, -0.25) is 9.69 Å². The Balaban J connectivity index is 2.58. The van der Waals surface area contributed by atoms with Gasteiger partial charge in [-0.05, 0) is 45.0 Å². The quantitative estimate of drug-likeness (QED) is 0.895. The fourth-order valence-electron chi connectivity index (χ4n) is 1.88. The standard InChI is InChI=1S/C16H23N3O/c1-5-19(12-15(20)18-16(2,3)4)11-14-8-6-13(10-17)7-9-14/h6-9H,5,11-12H2,1-4H3,(H,18,20). The van der Waals surface area contributed by atoms with Gasteiger partial charge in [0.2, 0.25) is 5.91 Å². The summed E-state index contributed by atoms with van der Waals surface area (Å²) in [5, 5.41) is 11.7. The Morgan fingerprint density at radius 3 is 2.35 bits per heavy atom. The summed E-state index contributed by atoms with van der Waals surface area (Å²) < 4.78 is 0. The molecule has 4 heteroatoms. The van der Waals surface area contributed by atoms with Crippen LogP contribution in [0, 0.1) is 11.3 Å². The van der Waals surface area contributed by atoms with Gasteiger partial charge in [0.25, 0.3) is 0 Å². The van der Waals surface area contributed by atoms with Crippen LogP contribution in [0.2, 0.25) is 0 Å². The lowest BCUT2D eigenvalue weighted by molar-refractivity contribution is -0.123. The van der Waals surface area contributed by atoms with E-state index in [0.29, 0.717) is 18.7 Å². The molecule has 1 rings (SSSR count). The third-order valence-electron chi connectivity index (χ3n) is 2.82. The topological polar surface area (TPSA) is 56.1 Å². The molecule has 1 aromatic rings. The number of hydrogen-bond acceptors (Lipinski definition) is 3. The van der Waals surface area contributed by atoms with E-state index >= 15 is 0 Å². The molecule has 0 spiro atoms. The summed E-state index contributed by atoms with van der Waals surface area (Å²) in [5.74, 6) is 0.0352. The molecule has 0 radical (unpaired) electrons. The maximum atomic E-state index is 11.9. The van der Waals surface area contributed by atoms with E-state index in [1.807, 2.05) is 39.8 Å². The highest BCUT2D eigenvalue weighted by Crippen LogP contribution is 2.07. The molecule has 0 heterocycles. The molecule has 4 nitrogen and oxygen atoms in total. The van der Waals surface area contributed by atoms with Gasteiger partial charge in [0.05, 0.1) is 18.2 Å². The second kappa shape index (κ2) is 7.06. The van der Waals surface area contributed by atoms with Crippen molar-refractivity contribution in [1.29, 1.82) is 5.26 Å². The Morgan fingerprint density at radius 1 is 1.30 bits per heavy atom. The normalized spacial score (nSPS) is 11.2. The van der Waals surface area contributed by atoms with Crippen LogP contribution in [-0.2, 0) is 11.3 Å². The van der Waals surface area contributed by atoms with E-state index < -0.39 is 0 Å². The lowest BCUT2D eigenvalue weighted by Gasteiger charge is -2.25. The number of hydrogen-bond donors (Lipinski definition) is 1. The van der Waals surface area contributed by atoms with Gasteiger partial charge in [-0.25, -0.2) is 0 Å². The molecule has 0 aliphatic rings. The van der Waals surface area contributed by atoms with Crippen LogP contribution >= 0.6 is 0 Å². The van der Waals surface area contributed by atoms with Crippen LogP contribution in [0.3, 0.4) is 0 Å². The Hall–Kier alpha value is -1.86. The minimum absolute atomic E-state index is 0.0352. The number of rotatable bonds is 5. The highest BCUT2D eigenvalue weighted by atomic mass is 16.2. The highest BCUT2D eigenvalue weighted by Gasteiger charge is 2.16. The molecule has 0 fully saturated rings. The maximum absolute atomic E-state index is 11.9. The van der Waals surface area contributed by atoms with Crippen LogP contribution in [0.4, 0.5) is 0 Å². The van der Waals surface area contributed by atoms with Crippen LogP contribution < -0.4 is 5.32 Å². The first-order valence-electron chi connectivity index (χ1n) is 6.86. The predicted octanol–water partition coefficient (Wildman–Crippen LogP) is 2.29. The highest BCUT2D eigenvalue weighted by molar-refractivity contribution is 5.78. The minimum Gasteiger partial charge on any atom is -0.350 e. The molecule has 20 heavy (non-hydrogen) atoms. The van der Waals surface area contributed by atoms with Crippen LogP contribution in [0.5, 0.6) is 0 Å². The van der Waals surface area contributed by atoms with Crippen LogP contribution in [-0.4, -0.2) is 29.4 Å². The van der Waals surface area contributed by atoms with E-state index in [4.69, 9.17) is 5.26 Å². The molecule has 1 amide bonds. The molecule has 0 unspecified atom stereocenters. The summed E-state index contributed by atoms with van der Waals surface area (Å²) >= 11 is 0. The van der Waals surface area contributed by atoms with Gasteiger partial charge in [0, 0.05) is 12.1 Å². The number of amides is 1. The number of nitrogens with zero attached hydrogens (tertiary/aromatic N) is 2. The van der Waals surface area contributed by atoms with Crippen molar-refractivity contribution in [2.24, 2.45) is 0 Å². The zero-order valence-corrected chi connectivity index (χ0v) is 12.7. The van der Waals surface area contributed by atoms with Crippen LogP contribution in [0.25, 0.3) is 0 Å². The Morgan fingerprint density at radius 2 is 1.90 bits per heavy atom. The Bertz CT molecular complexity index is 480. The van der Waals surface area contributed by atoms with E-state index in [-0.39, 0.29) is 11.4 Å². The largest absolute Gasteiger partial charge is 0.350 e. The van der Waals surface area contributed by atoms with Gasteiger partial charge in [0.1, 0.15) is 0 Å². The van der Waals surface area contributed by atoms with Crippen molar-refractivity contribution in [2.45, 2.75) is 39.8 Å². The molecule has 0 saturated carbocycles. The zero-order valence-electron chi connectivity index (χ0n) is 12.7. The predicted molar refractivity (Wildman–Crippen MR) is 80.0 cm³/mol. The van der Waals surface area contributed by atoms with Crippen molar-refractivity contribution in [3.63, 3.8) is 0 Å². The van der Waals surface area contributed by atoms with E-state index in [1.165, 1.54) is 0 Å². The second-order valence-corrected chi connectivity index (χ2v) is 5.91. The fourth-order valence-corrected chi connectivity index (χ4v) is 1.88. The molecular weight excluding hydrogens is 250 g/mol. The third-order valence-corrected chi connectivity index (χ3v) is 2.82. The second-order valence-electron chi connectivity index (χ2n) is 5.91. The van der Waals surface area contributed by atoms with Gasteiger partial charge in [-0.1, -0.05) is 19.1 Å². The van der Waals surface area contributed by atoms with Crippen molar-refractivity contribution in [3.05, 3.63) is 35.4 Å². The Labute approximate surface area is 121 Å². The molecule has 0 saturated heterocycles. The molecule has 0 bridgehead atoms. The van der Waals surface area contributed by atoms with E-state index in [2.05, 4.69) is 16.3 Å². The zero-order chi connectivity index (χ0) is 15.2. The first-order chi connectivity index (χ1) is 9.34. The van der Waals surface area contributed by atoms with Crippen LogP contribution in [0.15, 0.2) is 24.3 Å². The first kappa shape index (κ1) is 16.2. The van der Waals surface area contributed by atoms with Crippen molar-refractivity contribution in [1.82, 2.24) is 10.2 Å². The molecule has 0 aromatic heterocycles. The molecule has 0 atom stereocenters. The molecule has 1 aromatic carbocycles. The lowest BCUT2D eigenvalue weighted by atomic mass is 10.1. The molecule has 0 aliphatic heterocycles. The fraction of sp³-hybridized carbons (Fsp3) is 0.500. The Kier molecular flexibility index (Phi) is 5.72. The average Bonchev–Trinajstić information content (AvgIpc) is 2.36. The van der Waals surface area contributed by atoms with Gasteiger partial charge in [-0.2, -0.15) is 5.26 Å². The van der Waals surface area contributed by atoms with E-state index in [1.54, 1.807) is 12.1 Å². The van der Waals surface area contributed by atoms with Crippen LogP contribution in [0.1, 0.15) is 38.8 Å². The van der Waals surface area contributed by atoms with Crippen molar-refractivity contribution < 1.29 is 4.79 Å². The van der Waals surface area contributed by atoms with Crippen molar-refractivity contribution >= 4 is 5.91 Å². The first-order valence-corrected chi connectivity index (χ1v) is 6.86. The smallest absolute Gasteiger partial charge is 0.234 e. The van der Waals surface area contributed by atoms with Crippen molar-refractivity contribution in [2.75, 3.05) is 13.1 Å². The molecule has 1 N–H and O–H groups in total. The monoisotopic (exact) mass is 273 g/mol. The van der Waals surface area contributed by atoms with Gasteiger partial charge in [-0.15, -0.1) is 0 Å². The summed E-state index contributed by atoms with van der Waals surface area (Å²) in [7, 11) is 0. The average molecular weight is 273 g/mol. The van der Waals surface area contributed by atoms with Gasteiger partial charge >= 0.3 is 0 Å². The summed E-state index contributed by atoms with van der Waals surface area (Å²) in [6.45, 7) is 9.85. The number of carbonyl (C=O) groups excluding carboxylic acids is 1. The number of nitriles is 1. The lowest BCUT2D eigenvalue weighted by Crippen LogP contribution is -2.45. The van der Waals surface area contributed by atoms with Gasteiger partial charge in [0.15, 0.2) is 0 Å². The summed E-state index contributed by atoms with van der Waals surface area (Å²) in [6, 6.07) is 9.58. The SMILES string of the molecule is CCN(CC(=O)NC(C)(C)C)Cc1ccc(C#N)cc1. The maximum Gasteiger partial charge on any atom is 0.234 e. The molecule has 108 valence electrons. The molecular formula is C16H23N3O. The number of carbonyl (C=O) groups is 1. The third kappa shape index (κ3) is 5.85. The number of likely N-dealkylation sites (N-methyl/N-ethyl adjacent to an activating group) is 1. The van der Waals surface area contributed by atoms with E-state index in [9.17, 15) is 4.79 Å². The number of benzene rings is 1. The summed E-state index contributed by atoms with van der Waals surface area (Å²) in [5.41, 5.74) is 1.56.